The van der Waals surface area contributed by atoms with Crippen molar-refractivity contribution >= 4 is 11.8 Å². The van der Waals surface area contributed by atoms with Crippen LogP contribution in [0.5, 0.6) is 0 Å². The highest BCUT2D eigenvalue weighted by atomic mass is 16.7. The zero-order valence-electron chi connectivity index (χ0n) is 7.59. The molecule has 0 aliphatic carbocycles. The predicted molar refractivity (Wildman–Crippen MR) is 45.5 cm³/mol. The first-order valence-electron chi connectivity index (χ1n) is 3.96. The molecule has 1 aliphatic heterocycles. The van der Waals surface area contributed by atoms with Crippen LogP contribution in [-0.2, 0) is 14.4 Å². The molecule has 0 aromatic rings. The molecule has 1 heterocycles. The van der Waals surface area contributed by atoms with E-state index in [1.807, 2.05) is 13.8 Å². The summed E-state index contributed by atoms with van der Waals surface area (Å²) in [6.07, 6.45) is 1.44. The van der Waals surface area contributed by atoms with Gasteiger partial charge in [-0.2, -0.15) is 0 Å². The summed E-state index contributed by atoms with van der Waals surface area (Å²) in [4.78, 5) is 26.7. The molecule has 1 unspecified atom stereocenters. The lowest BCUT2D eigenvalue weighted by Crippen LogP contribution is -2.40. The minimum absolute atomic E-state index is 0.182. The van der Waals surface area contributed by atoms with E-state index >= 15 is 0 Å². The van der Waals surface area contributed by atoms with Gasteiger partial charge < -0.3 is 5.32 Å². The van der Waals surface area contributed by atoms with Crippen molar-refractivity contribution in [2.24, 2.45) is 0 Å². The fraction of sp³-hybridized carbons (Fsp3) is 0.500. The summed E-state index contributed by atoms with van der Waals surface area (Å²) in [5.41, 5.74) is 3.04. The number of rotatable bonds is 2. The van der Waals surface area contributed by atoms with Crippen molar-refractivity contribution in [3.63, 3.8) is 0 Å². The van der Waals surface area contributed by atoms with Crippen LogP contribution in [0.4, 0.5) is 0 Å². The van der Waals surface area contributed by atoms with E-state index in [1.165, 1.54) is 6.08 Å². The Kier molecular flexibility index (Phi) is 3.02. The van der Waals surface area contributed by atoms with E-state index in [4.69, 9.17) is 0 Å². The Balaban J connectivity index is 2.44. The first-order valence-corrected chi connectivity index (χ1v) is 3.96. The van der Waals surface area contributed by atoms with Crippen molar-refractivity contribution < 1.29 is 14.4 Å². The van der Waals surface area contributed by atoms with E-state index in [0.717, 1.165) is 5.57 Å². The van der Waals surface area contributed by atoms with Crippen molar-refractivity contribution in [1.82, 2.24) is 10.8 Å². The Morgan fingerprint density at radius 3 is 2.85 bits per heavy atom. The van der Waals surface area contributed by atoms with E-state index < -0.39 is 6.04 Å². The van der Waals surface area contributed by atoms with Crippen LogP contribution in [0.3, 0.4) is 0 Å². The summed E-state index contributed by atoms with van der Waals surface area (Å²) in [5.74, 6) is -0.582. The molecule has 0 radical (unpaired) electrons. The zero-order chi connectivity index (χ0) is 9.84. The summed E-state index contributed by atoms with van der Waals surface area (Å²) in [7, 11) is 0. The van der Waals surface area contributed by atoms with Crippen LogP contribution in [0.25, 0.3) is 0 Å². The molecule has 13 heavy (non-hydrogen) atoms. The van der Waals surface area contributed by atoms with E-state index in [-0.39, 0.29) is 18.4 Å². The van der Waals surface area contributed by atoms with Gasteiger partial charge in [0.15, 0.2) is 0 Å². The number of amides is 2. The standard InChI is InChI=1S/C8H12N2O3/c1-5(2)3-7(11)9-6-4-13-10-8(6)12/h3,6H,4H2,1-2H3,(H,9,11)(H,10,12). The first-order chi connectivity index (χ1) is 6.09. The highest BCUT2D eigenvalue weighted by molar-refractivity contribution is 5.93. The van der Waals surface area contributed by atoms with Crippen molar-refractivity contribution in [2.45, 2.75) is 19.9 Å². The smallest absolute Gasteiger partial charge is 0.268 e. The molecular weight excluding hydrogens is 172 g/mol. The molecule has 72 valence electrons. The van der Waals surface area contributed by atoms with Crippen LogP contribution in [0.15, 0.2) is 11.6 Å². The summed E-state index contributed by atoms with van der Waals surface area (Å²) in [5, 5.41) is 2.51. The quantitative estimate of drug-likeness (QED) is 0.568. The zero-order valence-corrected chi connectivity index (χ0v) is 7.59. The molecular formula is C8H12N2O3. The lowest BCUT2D eigenvalue weighted by atomic mass is 10.2. The van der Waals surface area contributed by atoms with E-state index in [1.54, 1.807) is 0 Å². The van der Waals surface area contributed by atoms with Crippen LogP contribution < -0.4 is 10.8 Å². The third-order valence-corrected chi connectivity index (χ3v) is 1.48. The molecule has 0 spiro atoms. The molecule has 2 N–H and O–H groups in total. The fourth-order valence-corrected chi connectivity index (χ4v) is 0.926. The summed E-state index contributed by atoms with van der Waals surface area (Å²) >= 11 is 0. The Labute approximate surface area is 76.1 Å². The normalized spacial score (nSPS) is 20.8. The van der Waals surface area contributed by atoms with Gasteiger partial charge in [0.2, 0.25) is 5.91 Å². The van der Waals surface area contributed by atoms with E-state index in [0.29, 0.717) is 0 Å². The maximum absolute atomic E-state index is 11.1. The third-order valence-electron chi connectivity index (χ3n) is 1.48. The van der Waals surface area contributed by atoms with Gasteiger partial charge in [0.05, 0.1) is 0 Å². The molecule has 1 atom stereocenters. The molecule has 0 saturated carbocycles. The third kappa shape index (κ3) is 2.87. The highest BCUT2D eigenvalue weighted by Gasteiger charge is 2.26. The largest absolute Gasteiger partial charge is 0.339 e. The molecule has 1 rings (SSSR count). The molecule has 0 aromatic heterocycles. The van der Waals surface area contributed by atoms with Gasteiger partial charge in [-0.1, -0.05) is 5.57 Å². The lowest BCUT2D eigenvalue weighted by molar-refractivity contribution is -0.127. The van der Waals surface area contributed by atoms with Crippen LogP contribution >= 0.6 is 0 Å². The van der Waals surface area contributed by atoms with Crippen LogP contribution in [0, 0.1) is 0 Å². The number of hydrogen-bond acceptors (Lipinski definition) is 3. The Bertz CT molecular complexity index is 256. The van der Waals surface area contributed by atoms with Gasteiger partial charge in [0, 0.05) is 6.08 Å². The second-order valence-corrected chi connectivity index (χ2v) is 3.06. The monoisotopic (exact) mass is 184 g/mol. The van der Waals surface area contributed by atoms with Crippen molar-refractivity contribution in [3.8, 4) is 0 Å². The first kappa shape index (κ1) is 9.73. The Hall–Kier alpha value is -1.36. The molecule has 2 amide bonds. The van der Waals surface area contributed by atoms with E-state index in [2.05, 4.69) is 15.6 Å². The number of hydroxylamine groups is 1. The number of nitrogens with one attached hydrogen (secondary N) is 2. The highest BCUT2D eigenvalue weighted by Crippen LogP contribution is 1.95. The van der Waals surface area contributed by atoms with Gasteiger partial charge in [-0.25, -0.2) is 5.48 Å². The SMILES string of the molecule is CC(C)=CC(=O)NC1CONC1=O. The summed E-state index contributed by atoms with van der Waals surface area (Å²) in [6.45, 7) is 3.80. The molecule has 5 heteroatoms. The second-order valence-electron chi connectivity index (χ2n) is 3.06. The molecule has 1 aliphatic rings. The van der Waals surface area contributed by atoms with E-state index in [9.17, 15) is 9.59 Å². The average Bonchev–Trinajstić information content (AvgIpc) is 2.34. The minimum atomic E-state index is -0.567. The average molecular weight is 184 g/mol. The van der Waals surface area contributed by atoms with Gasteiger partial charge in [0.1, 0.15) is 12.6 Å². The topological polar surface area (TPSA) is 67.4 Å². The van der Waals surface area contributed by atoms with Crippen molar-refractivity contribution in [1.29, 1.82) is 0 Å². The predicted octanol–water partition coefficient (Wildman–Crippen LogP) is -0.501. The Morgan fingerprint density at radius 1 is 1.69 bits per heavy atom. The second kappa shape index (κ2) is 4.04. The van der Waals surface area contributed by atoms with Crippen LogP contribution in [0.2, 0.25) is 0 Å². The number of carbonyl (C=O) groups is 2. The van der Waals surface area contributed by atoms with Crippen LogP contribution in [-0.4, -0.2) is 24.5 Å². The maximum atomic E-state index is 11.1. The maximum Gasteiger partial charge on any atom is 0.268 e. The van der Waals surface area contributed by atoms with Gasteiger partial charge in [0.25, 0.3) is 5.91 Å². The lowest BCUT2D eigenvalue weighted by Gasteiger charge is -2.05. The number of carbonyl (C=O) groups excluding carboxylic acids is 2. The minimum Gasteiger partial charge on any atom is -0.339 e. The Morgan fingerprint density at radius 2 is 2.38 bits per heavy atom. The molecule has 0 aromatic carbocycles. The van der Waals surface area contributed by atoms with Gasteiger partial charge >= 0.3 is 0 Å². The molecule has 1 saturated heterocycles. The summed E-state index contributed by atoms with van der Waals surface area (Å²) < 4.78 is 0. The van der Waals surface area contributed by atoms with Gasteiger partial charge in [-0.05, 0) is 13.8 Å². The molecule has 1 fully saturated rings. The van der Waals surface area contributed by atoms with Crippen LogP contribution in [0.1, 0.15) is 13.8 Å². The van der Waals surface area contributed by atoms with Crippen molar-refractivity contribution in [2.75, 3.05) is 6.61 Å². The van der Waals surface area contributed by atoms with Gasteiger partial charge in [-0.15, -0.1) is 0 Å². The molecule has 0 bridgehead atoms. The number of allylic oxidation sites excluding steroid dienone is 1. The fourth-order valence-electron chi connectivity index (χ4n) is 0.926. The molecule has 5 nitrogen and oxygen atoms in total. The van der Waals surface area contributed by atoms with Gasteiger partial charge in [-0.3, -0.25) is 14.4 Å². The number of hydrogen-bond donors (Lipinski definition) is 2. The van der Waals surface area contributed by atoms with Crippen molar-refractivity contribution in [3.05, 3.63) is 11.6 Å². The summed E-state index contributed by atoms with van der Waals surface area (Å²) in [6, 6.07) is -0.567.